The minimum absolute atomic E-state index is 0.142. The van der Waals surface area contributed by atoms with Crippen molar-refractivity contribution in [2.24, 2.45) is 11.8 Å². The van der Waals surface area contributed by atoms with Crippen LogP contribution in [0.1, 0.15) is 34.5 Å². The number of rotatable bonds is 7. The van der Waals surface area contributed by atoms with Crippen molar-refractivity contribution in [2.45, 2.75) is 19.3 Å². The first-order chi connectivity index (χ1) is 16.9. The maximum atomic E-state index is 13.5. The molecule has 4 rings (SSSR count). The molecule has 1 aliphatic rings. The molecule has 1 aliphatic heterocycles. The Hall–Kier alpha value is -2.99. The summed E-state index contributed by atoms with van der Waals surface area (Å²) in [5, 5.41) is 12.4. The molecule has 0 spiro atoms. The molecule has 1 saturated heterocycles. The molecular formula is C26H24ClFN2O4S. The lowest BCUT2D eigenvalue weighted by Gasteiger charge is -2.35. The Labute approximate surface area is 211 Å². The molecule has 3 aromatic rings. The molecule has 2 atom stereocenters. The first kappa shape index (κ1) is 25.1. The molecule has 6 nitrogen and oxygen atoms in total. The summed E-state index contributed by atoms with van der Waals surface area (Å²) in [5.74, 6) is 4.23. The SMILES string of the molecule is COc1ccc2ncc(Cl)c(C(=O)CC[C@H]3CCN(CC#Cc4sccc4F)C[C@H]3C(=O)O)c2c1. The standard InChI is InChI=1S/C26H24ClFN2O4S/c1-34-17-5-6-22-18(13-17)25(20(27)14-29-22)23(31)7-4-16-8-11-30(15-19(16)26(32)33)10-2-3-24-21(28)9-12-35-24/h5-6,9,12-14,16,19H,4,7-8,10-11,15H2,1H3,(H,32,33)/t16-,19+/m0/s1. The number of carbonyl (C=O) groups is 2. The first-order valence-corrected chi connectivity index (χ1v) is 12.5. The number of fused-ring (bicyclic) bond motifs is 1. The van der Waals surface area contributed by atoms with Crippen LogP contribution in [0.2, 0.25) is 5.02 Å². The molecule has 0 bridgehead atoms. The van der Waals surface area contributed by atoms with Gasteiger partial charge in [0.1, 0.15) is 16.4 Å². The summed E-state index contributed by atoms with van der Waals surface area (Å²) in [6.07, 6.45) is 2.73. The third kappa shape index (κ3) is 5.81. The van der Waals surface area contributed by atoms with Crippen molar-refractivity contribution in [3.63, 3.8) is 0 Å². The maximum absolute atomic E-state index is 13.5. The zero-order valence-electron chi connectivity index (χ0n) is 19.1. The number of ketones is 1. The fraction of sp³-hybridized carbons (Fsp3) is 0.346. The lowest BCUT2D eigenvalue weighted by atomic mass is 9.81. The number of likely N-dealkylation sites (tertiary alicyclic amines) is 1. The number of carboxylic acids is 1. The van der Waals surface area contributed by atoms with Crippen LogP contribution >= 0.6 is 22.9 Å². The van der Waals surface area contributed by atoms with E-state index in [1.165, 1.54) is 23.6 Å². The van der Waals surface area contributed by atoms with E-state index in [0.717, 1.165) is 0 Å². The highest BCUT2D eigenvalue weighted by atomic mass is 35.5. The van der Waals surface area contributed by atoms with Crippen molar-refractivity contribution in [1.82, 2.24) is 9.88 Å². The number of piperidine rings is 1. The Morgan fingerprint density at radius 1 is 1.37 bits per heavy atom. The molecule has 0 radical (unpaired) electrons. The lowest BCUT2D eigenvalue weighted by molar-refractivity contribution is -0.146. The van der Waals surface area contributed by atoms with Crippen molar-refractivity contribution >= 4 is 45.6 Å². The number of carbonyl (C=O) groups excluding carboxylic acids is 1. The highest BCUT2D eigenvalue weighted by Gasteiger charge is 2.34. The van der Waals surface area contributed by atoms with Gasteiger partial charge in [-0.05, 0) is 54.9 Å². The number of hydrogen-bond acceptors (Lipinski definition) is 6. The lowest BCUT2D eigenvalue weighted by Crippen LogP contribution is -2.44. The topological polar surface area (TPSA) is 79.7 Å². The summed E-state index contributed by atoms with van der Waals surface area (Å²) in [6, 6.07) is 6.65. The van der Waals surface area contributed by atoms with E-state index in [2.05, 4.69) is 16.8 Å². The smallest absolute Gasteiger partial charge is 0.308 e. The van der Waals surface area contributed by atoms with Crippen LogP contribution in [-0.2, 0) is 4.79 Å². The van der Waals surface area contributed by atoms with Gasteiger partial charge in [0.2, 0.25) is 0 Å². The number of pyridine rings is 1. The molecular weight excluding hydrogens is 491 g/mol. The fourth-order valence-corrected chi connectivity index (χ4v) is 5.34. The summed E-state index contributed by atoms with van der Waals surface area (Å²) in [5.41, 5.74) is 1.02. The van der Waals surface area contributed by atoms with Crippen LogP contribution in [0.5, 0.6) is 5.75 Å². The van der Waals surface area contributed by atoms with Crippen LogP contribution in [0.15, 0.2) is 35.8 Å². The summed E-state index contributed by atoms with van der Waals surface area (Å²) >= 11 is 7.59. The minimum atomic E-state index is -0.887. The van der Waals surface area contributed by atoms with E-state index in [0.29, 0.717) is 59.6 Å². The van der Waals surface area contributed by atoms with Gasteiger partial charge in [0, 0.05) is 30.1 Å². The van der Waals surface area contributed by atoms with Crippen molar-refractivity contribution in [2.75, 3.05) is 26.7 Å². The minimum Gasteiger partial charge on any atom is -0.497 e. The number of Topliss-reactive ketones (excluding diaryl/α,β-unsaturated/α-hetero) is 1. The van der Waals surface area contributed by atoms with Gasteiger partial charge >= 0.3 is 5.97 Å². The van der Waals surface area contributed by atoms with E-state index in [1.807, 2.05) is 4.90 Å². The van der Waals surface area contributed by atoms with Crippen molar-refractivity contribution in [1.29, 1.82) is 0 Å². The Bertz CT molecular complexity index is 1320. The first-order valence-electron chi connectivity index (χ1n) is 11.2. The van der Waals surface area contributed by atoms with Crippen molar-refractivity contribution < 1.29 is 23.8 Å². The second-order valence-electron chi connectivity index (χ2n) is 8.45. The molecule has 35 heavy (non-hydrogen) atoms. The number of halogens is 2. The summed E-state index contributed by atoms with van der Waals surface area (Å²) in [7, 11) is 1.55. The average molecular weight is 515 g/mol. The van der Waals surface area contributed by atoms with Gasteiger partial charge in [0.05, 0.1) is 30.1 Å². The number of thiophene rings is 1. The Morgan fingerprint density at radius 2 is 2.20 bits per heavy atom. The number of ether oxygens (including phenoxy) is 1. The predicted molar refractivity (Wildman–Crippen MR) is 134 cm³/mol. The summed E-state index contributed by atoms with van der Waals surface area (Å²) < 4.78 is 18.8. The fourth-order valence-electron chi connectivity index (χ4n) is 4.45. The van der Waals surface area contributed by atoms with Crippen LogP contribution < -0.4 is 4.74 Å². The number of carboxylic acid groups (broad SMARTS) is 1. The molecule has 182 valence electrons. The molecule has 1 aromatic carbocycles. The molecule has 0 saturated carbocycles. The molecule has 2 aromatic heterocycles. The summed E-state index contributed by atoms with van der Waals surface area (Å²) in [6.45, 7) is 1.37. The van der Waals surface area contributed by atoms with E-state index in [4.69, 9.17) is 16.3 Å². The predicted octanol–water partition coefficient (Wildman–Crippen LogP) is 5.13. The van der Waals surface area contributed by atoms with Gasteiger partial charge in [-0.3, -0.25) is 19.5 Å². The Morgan fingerprint density at radius 3 is 2.91 bits per heavy atom. The Kier molecular flexibility index (Phi) is 8.01. The second-order valence-corrected chi connectivity index (χ2v) is 9.78. The number of aliphatic carboxylic acids is 1. The van der Waals surface area contributed by atoms with E-state index in [9.17, 15) is 19.1 Å². The van der Waals surface area contributed by atoms with Gasteiger partial charge < -0.3 is 9.84 Å². The normalized spacial score (nSPS) is 18.1. The highest BCUT2D eigenvalue weighted by Crippen LogP contribution is 2.32. The molecule has 1 N–H and O–H groups in total. The van der Waals surface area contributed by atoms with Gasteiger partial charge in [-0.25, -0.2) is 4.39 Å². The monoisotopic (exact) mass is 514 g/mol. The number of aromatic nitrogens is 1. The van der Waals surface area contributed by atoms with Crippen molar-refractivity contribution in [3.05, 3.63) is 57.1 Å². The van der Waals surface area contributed by atoms with E-state index in [1.54, 1.807) is 30.7 Å². The van der Waals surface area contributed by atoms with Crippen molar-refractivity contribution in [3.8, 4) is 17.6 Å². The van der Waals surface area contributed by atoms with Crippen LogP contribution in [0, 0.1) is 29.5 Å². The quantitative estimate of drug-likeness (QED) is 0.347. The largest absolute Gasteiger partial charge is 0.497 e. The van der Waals surface area contributed by atoms with Crippen LogP contribution in [-0.4, -0.2) is 53.5 Å². The van der Waals surface area contributed by atoms with Crippen LogP contribution in [0.25, 0.3) is 10.9 Å². The van der Waals surface area contributed by atoms with Gasteiger partial charge in [-0.1, -0.05) is 23.4 Å². The number of methoxy groups -OCH3 is 1. The molecule has 0 amide bonds. The van der Waals surface area contributed by atoms with E-state index < -0.39 is 11.9 Å². The average Bonchev–Trinajstić information content (AvgIpc) is 3.26. The van der Waals surface area contributed by atoms with Gasteiger partial charge in [0.15, 0.2) is 5.78 Å². The Balaban J connectivity index is 1.42. The van der Waals surface area contributed by atoms with E-state index >= 15 is 0 Å². The third-order valence-corrected chi connectivity index (χ3v) is 7.42. The number of nitrogens with zero attached hydrogens (tertiary/aromatic N) is 2. The van der Waals surface area contributed by atoms with Gasteiger partial charge in [-0.2, -0.15) is 0 Å². The van der Waals surface area contributed by atoms with Gasteiger partial charge in [0.25, 0.3) is 0 Å². The second kappa shape index (κ2) is 11.2. The molecule has 0 unspecified atom stereocenters. The van der Waals surface area contributed by atoms with Gasteiger partial charge in [-0.15, -0.1) is 11.3 Å². The zero-order chi connectivity index (χ0) is 24.9. The summed E-state index contributed by atoms with van der Waals surface area (Å²) in [4.78, 5) is 31.8. The number of benzene rings is 1. The molecule has 0 aliphatic carbocycles. The van der Waals surface area contributed by atoms with E-state index in [-0.39, 0.29) is 29.0 Å². The molecule has 9 heteroatoms. The highest BCUT2D eigenvalue weighted by molar-refractivity contribution is 7.10. The molecule has 3 heterocycles. The maximum Gasteiger partial charge on any atom is 0.308 e. The number of hydrogen-bond donors (Lipinski definition) is 1. The zero-order valence-corrected chi connectivity index (χ0v) is 20.7. The van der Waals surface area contributed by atoms with Crippen LogP contribution in [0.3, 0.4) is 0 Å². The van der Waals surface area contributed by atoms with Crippen LogP contribution in [0.4, 0.5) is 4.39 Å². The third-order valence-electron chi connectivity index (χ3n) is 6.33. The molecule has 1 fully saturated rings.